The van der Waals surface area contributed by atoms with Crippen molar-refractivity contribution in [2.75, 3.05) is 11.9 Å². The van der Waals surface area contributed by atoms with Gasteiger partial charge in [0.05, 0.1) is 11.3 Å². The molecule has 0 amide bonds. The van der Waals surface area contributed by atoms with E-state index in [9.17, 15) is 9.90 Å². The number of carbonyl (C=O) groups excluding carboxylic acids is 1. The minimum Gasteiger partial charge on any atom is -0.507 e. The van der Waals surface area contributed by atoms with Crippen LogP contribution in [0.2, 0.25) is 0 Å². The van der Waals surface area contributed by atoms with Crippen molar-refractivity contribution in [1.82, 2.24) is 10.2 Å². The Labute approximate surface area is 171 Å². The summed E-state index contributed by atoms with van der Waals surface area (Å²) in [5.41, 5.74) is 5.46. The highest BCUT2D eigenvalue weighted by Crippen LogP contribution is 2.48. The van der Waals surface area contributed by atoms with Crippen LogP contribution in [-0.4, -0.2) is 27.9 Å². The van der Waals surface area contributed by atoms with E-state index in [1.54, 1.807) is 0 Å². The third kappa shape index (κ3) is 3.02. The van der Waals surface area contributed by atoms with Crippen LogP contribution in [0, 0.1) is 6.92 Å². The molecule has 1 aromatic heterocycles. The molecule has 2 aliphatic rings. The minimum absolute atomic E-state index is 0.229. The first-order valence-corrected chi connectivity index (χ1v) is 9.99. The van der Waals surface area contributed by atoms with Gasteiger partial charge in [-0.25, -0.2) is 4.79 Å². The Hall–Kier alpha value is -2.76. The maximum absolute atomic E-state index is 12.7. The molecule has 0 fully saturated rings. The van der Waals surface area contributed by atoms with Crippen molar-refractivity contribution < 1.29 is 14.6 Å². The number of esters is 1. The van der Waals surface area contributed by atoms with E-state index in [1.165, 1.54) is 0 Å². The minimum atomic E-state index is -0.300. The van der Waals surface area contributed by atoms with Crippen molar-refractivity contribution in [3.8, 4) is 5.75 Å². The first-order chi connectivity index (χ1) is 13.4. The maximum Gasteiger partial charge on any atom is 0.337 e. The number of aromatic amines is 1. The summed E-state index contributed by atoms with van der Waals surface area (Å²) in [4.78, 5) is 12.7. The molecule has 1 aromatic carbocycles. The van der Waals surface area contributed by atoms with Gasteiger partial charge in [0.2, 0.25) is 0 Å². The van der Waals surface area contributed by atoms with Gasteiger partial charge in [-0.2, -0.15) is 5.10 Å². The Morgan fingerprint density at radius 2 is 1.69 bits per heavy atom. The van der Waals surface area contributed by atoms with Crippen LogP contribution in [-0.2, 0) is 20.4 Å². The van der Waals surface area contributed by atoms with Gasteiger partial charge in [0, 0.05) is 17.2 Å². The zero-order valence-corrected chi connectivity index (χ0v) is 18.2. The van der Waals surface area contributed by atoms with Gasteiger partial charge in [0.1, 0.15) is 12.4 Å². The summed E-state index contributed by atoms with van der Waals surface area (Å²) in [5, 5.41) is 21.8. The molecule has 1 atom stereocenters. The molecule has 0 aliphatic carbocycles. The molecule has 0 radical (unpaired) electrons. The smallest absolute Gasteiger partial charge is 0.337 e. The van der Waals surface area contributed by atoms with Crippen molar-refractivity contribution >= 4 is 11.8 Å². The Balaban J connectivity index is 2.03. The number of ether oxygens (including phenoxy) is 1. The van der Waals surface area contributed by atoms with Gasteiger partial charge in [0.15, 0.2) is 5.82 Å². The molecular formula is C23H29N3O3. The van der Waals surface area contributed by atoms with Crippen molar-refractivity contribution in [3.63, 3.8) is 0 Å². The van der Waals surface area contributed by atoms with Crippen LogP contribution in [0.1, 0.15) is 75.4 Å². The molecule has 2 aromatic rings. The second-order valence-electron chi connectivity index (χ2n) is 10.1. The number of H-pyrrole nitrogens is 1. The highest BCUT2D eigenvalue weighted by molar-refractivity contribution is 5.97. The summed E-state index contributed by atoms with van der Waals surface area (Å²) in [6, 6.07) is 4.07. The monoisotopic (exact) mass is 395 g/mol. The van der Waals surface area contributed by atoms with Crippen LogP contribution in [0.15, 0.2) is 23.4 Å². The second-order valence-corrected chi connectivity index (χ2v) is 10.1. The largest absolute Gasteiger partial charge is 0.507 e. The van der Waals surface area contributed by atoms with Crippen molar-refractivity contribution in [3.05, 3.63) is 51.4 Å². The molecule has 6 nitrogen and oxygen atoms in total. The summed E-state index contributed by atoms with van der Waals surface area (Å²) in [7, 11) is 0. The number of nitrogens with one attached hydrogen (secondary N) is 2. The van der Waals surface area contributed by atoms with E-state index in [0.717, 1.165) is 39.5 Å². The van der Waals surface area contributed by atoms with Gasteiger partial charge >= 0.3 is 5.97 Å². The van der Waals surface area contributed by atoms with Gasteiger partial charge in [-0.05, 0) is 34.4 Å². The van der Waals surface area contributed by atoms with Crippen LogP contribution < -0.4 is 5.32 Å². The topological polar surface area (TPSA) is 87.2 Å². The molecule has 3 heterocycles. The standard InChI is InChI=1S/C23H29N3O3/c1-11-16-17(18-15(10-29-21(18)28)24-20(16)26-25-11)12-8-13(22(2,3)4)19(27)14(9-12)23(5,6)7/h8-9,17,27H,10H2,1-7H3,(H2,24,25,26)/t17-/m1/s1. The van der Waals surface area contributed by atoms with Crippen LogP contribution in [0.25, 0.3) is 0 Å². The lowest BCUT2D eigenvalue weighted by molar-refractivity contribution is -0.136. The van der Waals surface area contributed by atoms with Crippen molar-refractivity contribution in [1.29, 1.82) is 0 Å². The Kier molecular flexibility index (Phi) is 4.12. The lowest BCUT2D eigenvalue weighted by atomic mass is 9.74. The van der Waals surface area contributed by atoms with E-state index in [4.69, 9.17) is 4.74 Å². The first-order valence-electron chi connectivity index (χ1n) is 9.99. The lowest BCUT2D eigenvalue weighted by Gasteiger charge is -2.31. The average molecular weight is 396 g/mol. The fraction of sp³-hybridized carbons (Fsp3) is 0.478. The highest BCUT2D eigenvalue weighted by atomic mass is 16.5. The number of aromatic nitrogens is 2. The number of fused-ring (bicyclic) bond motifs is 1. The number of phenolic OH excluding ortho intramolecular Hbond substituents is 1. The van der Waals surface area contributed by atoms with E-state index in [0.29, 0.717) is 11.3 Å². The molecular weight excluding hydrogens is 366 g/mol. The number of rotatable bonds is 1. The number of hydrogen-bond acceptors (Lipinski definition) is 5. The highest BCUT2D eigenvalue weighted by Gasteiger charge is 2.41. The number of carbonyl (C=O) groups is 1. The third-order valence-corrected chi connectivity index (χ3v) is 5.82. The van der Waals surface area contributed by atoms with Gasteiger partial charge in [0.25, 0.3) is 0 Å². The maximum atomic E-state index is 12.7. The van der Waals surface area contributed by atoms with Crippen molar-refractivity contribution in [2.24, 2.45) is 0 Å². The third-order valence-electron chi connectivity index (χ3n) is 5.82. The van der Waals surface area contributed by atoms with Crippen LogP contribution >= 0.6 is 0 Å². The molecule has 0 unspecified atom stereocenters. The first kappa shape index (κ1) is 19.6. The van der Waals surface area contributed by atoms with E-state index >= 15 is 0 Å². The molecule has 0 saturated carbocycles. The van der Waals surface area contributed by atoms with Gasteiger partial charge < -0.3 is 15.2 Å². The van der Waals surface area contributed by atoms with Gasteiger partial charge in [-0.1, -0.05) is 53.7 Å². The number of aryl methyl sites for hydroxylation is 1. The molecule has 0 saturated heterocycles. The number of phenols is 1. The average Bonchev–Trinajstić information content (AvgIpc) is 3.15. The quantitative estimate of drug-likeness (QED) is 0.624. The number of aromatic hydroxyl groups is 1. The van der Waals surface area contributed by atoms with Crippen LogP contribution in [0.3, 0.4) is 0 Å². The molecule has 29 heavy (non-hydrogen) atoms. The number of hydrogen-bond donors (Lipinski definition) is 3. The van der Waals surface area contributed by atoms with Gasteiger partial charge in [-0.3, -0.25) is 5.10 Å². The van der Waals surface area contributed by atoms with Crippen LogP contribution in [0.5, 0.6) is 5.75 Å². The zero-order valence-electron chi connectivity index (χ0n) is 18.2. The predicted octanol–water partition coefficient (Wildman–Crippen LogP) is 4.39. The summed E-state index contributed by atoms with van der Waals surface area (Å²) in [6.07, 6.45) is 0. The second kappa shape index (κ2) is 6.12. The number of anilines is 1. The zero-order chi connectivity index (χ0) is 21.3. The van der Waals surface area contributed by atoms with E-state index in [1.807, 2.05) is 19.1 Å². The van der Waals surface area contributed by atoms with Crippen molar-refractivity contribution in [2.45, 2.75) is 65.2 Å². The molecule has 3 N–H and O–H groups in total. The Morgan fingerprint density at radius 1 is 1.10 bits per heavy atom. The number of nitrogens with zero attached hydrogens (tertiary/aromatic N) is 1. The molecule has 2 aliphatic heterocycles. The summed E-state index contributed by atoms with van der Waals surface area (Å²) in [6.45, 7) is 14.7. The lowest BCUT2D eigenvalue weighted by Crippen LogP contribution is -2.22. The fourth-order valence-electron chi connectivity index (χ4n) is 4.29. The summed E-state index contributed by atoms with van der Waals surface area (Å²) < 4.78 is 5.35. The molecule has 6 heteroatoms. The van der Waals surface area contributed by atoms with E-state index in [2.05, 4.69) is 57.1 Å². The summed E-state index contributed by atoms with van der Waals surface area (Å²) >= 11 is 0. The molecule has 0 spiro atoms. The van der Waals surface area contributed by atoms with E-state index < -0.39 is 0 Å². The predicted molar refractivity (Wildman–Crippen MR) is 112 cm³/mol. The number of cyclic esters (lactones) is 1. The molecule has 4 rings (SSSR count). The number of benzene rings is 1. The summed E-state index contributed by atoms with van der Waals surface area (Å²) in [5.74, 6) is 0.464. The Morgan fingerprint density at radius 3 is 2.24 bits per heavy atom. The molecule has 154 valence electrons. The fourth-order valence-corrected chi connectivity index (χ4v) is 4.29. The van der Waals surface area contributed by atoms with E-state index in [-0.39, 0.29) is 29.3 Å². The van der Waals surface area contributed by atoms with Crippen LogP contribution in [0.4, 0.5) is 5.82 Å². The SMILES string of the molecule is Cc1[nH]nc2c1[C@@H](c1cc(C(C)(C)C)c(O)c(C(C)(C)C)c1)C1=C(COC1=O)N2. The molecule has 0 bridgehead atoms. The normalized spacial score (nSPS) is 19.0. The Bertz CT molecular complexity index is 1010. The van der Waals surface area contributed by atoms with Gasteiger partial charge in [-0.15, -0.1) is 0 Å².